The zero-order valence-corrected chi connectivity index (χ0v) is 12.7. The van der Waals surface area contributed by atoms with Crippen LogP contribution in [0.3, 0.4) is 0 Å². The molecule has 120 valence electrons. The van der Waals surface area contributed by atoms with E-state index in [2.05, 4.69) is 0 Å². The van der Waals surface area contributed by atoms with E-state index < -0.39 is 11.9 Å². The fourth-order valence-corrected chi connectivity index (χ4v) is 2.56. The normalized spacial score (nSPS) is 16.5. The van der Waals surface area contributed by atoms with Crippen LogP contribution in [-0.2, 0) is 9.59 Å². The van der Waals surface area contributed by atoms with Gasteiger partial charge in [-0.25, -0.2) is 4.39 Å². The van der Waals surface area contributed by atoms with Crippen LogP contribution >= 0.6 is 0 Å². The second kappa shape index (κ2) is 7.35. The maximum atomic E-state index is 13.1. The zero-order chi connectivity index (χ0) is 16.1. The van der Waals surface area contributed by atoms with E-state index >= 15 is 0 Å². The highest BCUT2D eigenvalue weighted by atomic mass is 19.1. The fourth-order valence-electron chi connectivity index (χ4n) is 2.56. The number of carbonyl (C=O) groups is 2. The highest BCUT2D eigenvalue weighted by Gasteiger charge is 2.25. The van der Waals surface area contributed by atoms with E-state index in [-0.39, 0.29) is 18.2 Å². The molecule has 1 aromatic rings. The van der Waals surface area contributed by atoms with Gasteiger partial charge in [0.05, 0.1) is 12.5 Å². The third kappa shape index (κ3) is 4.04. The lowest BCUT2D eigenvalue weighted by molar-refractivity contribution is -0.140. The average Bonchev–Trinajstić information content (AvgIpc) is 2.54. The lowest BCUT2D eigenvalue weighted by Gasteiger charge is -2.35. The molecule has 1 saturated heterocycles. The molecule has 0 bridgehead atoms. The Morgan fingerprint density at radius 3 is 2.32 bits per heavy atom. The van der Waals surface area contributed by atoms with Crippen LogP contribution in [0.4, 0.5) is 4.39 Å². The van der Waals surface area contributed by atoms with Crippen molar-refractivity contribution in [2.75, 3.05) is 26.2 Å². The topological polar surface area (TPSA) is 60.9 Å². The number of halogens is 1. The molecule has 1 fully saturated rings. The SMILES string of the molecule is CCC(=O)N1CCN(C(=O)CC(O)c2cccc(F)c2)CC1. The number of benzene rings is 1. The molecular weight excluding hydrogens is 287 g/mol. The summed E-state index contributed by atoms with van der Waals surface area (Å²) in [5.74, 6) is -0.525. The molecular formula is C16H21FN2O3. The first kappa shape index (κ1) is 16.4. The second-order valence-corrected chi connectivity index (χ2v) is 5.39. The molecule has 0 aromatic heterocycles. The van der Waals surface area contributed by atoms with Crippen LogP contribution in [0.25, 0.3) is 0 Å². The van der Waals surface area contributed by atoms with Gasteiger partial charge in [0, 0.05) is 32.6 Å². The van der Waals surface area contributed by atoms with Crippen molar-refractivity contribution >= 4 is 11.8 Å². The Morgan fingerprint density at radius 1 is 1.18 bits per heavy atom. The summed E-state index contributed by atoms with van der Waals surface area (Å²) >= 11 is 0. The summed E-state index contributed by atoms with van der Waals surface area (Å²) in [6.07, 6.45) is -0.629. The third-order valence-electron chi connectivity index (χ3n) is 3.89. The highest BCUT2D eigenvalue weighted by Crippen LogP contribution is 2.19. The third-order valence-corrected chi connectivity index (χ3v) is 3.89. The van der Waals surface area contributed by atoms with Crippen molar-refractivity contribution in [2.24, 2.45) is 0 Å². The van der Waals surface area contributed by atoms with Crippen molar-refractivity contribution in [3.05, 3.63) is 35.6 Å². The lowest BCUT2D eigenvalue weighted by atomic mass is 10.1. The summed E-state index contributed by atoms with van der Waals surface area (Å²) in [7, 11) is 0. The Labute approximate surface area is 129 Å². The molecule has 2 amide bonds. The van der Waals surface area contributed by atoms with Gasteiger partial charge in [0.2, 0.25) is 11.8 Å². The van der Waals surface area contributed by atoms with Crippen LogP contribution < -0.4 is 0 Å². The summed E-state index contributed by atoms with van der Waals surface area (Å²) in [5.41, 5.74) is 0.396. The zero-order valence-electron chi connectivity index (χ0n) is 12.7. The van der Waals surface area contributed by atoms with Crippen LogP contribution in [0.5, 0.6) is 0 Å². The van der Waals surface area contributed by atoms with Crippen molar-refractivity contribution in [1.82, 2.24) is 9.80 Å². The summed E-state index contributed by atoms with van der Waals surface area (Å²) < 4.78 is 13.1. The van der Waals surface area contributed by atoms with E-state index in [9.17, 15) is 19.1 Å². The quantitative estimate of drug-likeness (QED) is 0.913. The van der Waals surface area contributed by atoms with Crippen LogP contribution in [0.1, 0.15) is 31.4 Å². The number of aliphatic hydroxyl groups excluding tert-OH is 1. The number of hydrogen-bond donors (Lipinski definition) is 1. The summed E-state index contributed by atoms with van der Waals surface area (Å²) in [6, 6.07) is 5.63. The fraction of sp³-hybridized carbons (Fsp3) is 0.500. The molecule has 1 aliphatic rings. The molecule has 1 atom stereocenters. The number of carbonyl (C=O) groups excluding carboxylic acids is 2. The number of nitrogens with zero attached hydrogens (tertiary/aromatic N) is 2. The minimum absolute atomic E-state index is 0.0782. The first-order valence-corrected chi connectivity index (χ1v) is 7.50. The second-order valence-electron chi connectivity index (χ2n) is 5.39. The molecule has 0 radical (unpaired) electrons. The summed E-state index contributed by atoms with van der Waals surface area (Å²) in [5, 5.41) is 10.0. The molecule has 5 nitrogen and oxygen atoms in total. The predicted molar refractivity (Wildman–Crippen MR) is 79.4 cm³/mol. The van der Waals surface area contributed by atoms with Crippen LogP contribution in [0.2, 0.25) is 0 Å². The Kier molecular flexibility index (Phi) is 5.49. The molecule has 22 heavy (non-hydrogen) atoms. The number of rotatable bonds is 4. The van der Waals surface area contributed by atoms with E-state index in [0.29, 0.717) is 38.2 Å². The van der Waals surface area contributed by atoms with Gasteiger partial charge in [-0.1, -0.05) is 19.1 Å². The van der Waals surface area contributed by atoms with Gasteiger partial charge in [-0.2, -0.15) is 0 Å². The van der Waals surface area contributed by atoms with Crippen molar-refractivity contribution < 1.29 is 19.1 Å². The Balaban J connectivity index is 1.87. The van der Waals surface area contributed by atoms with Crippen molar-refractivity contribution in [3.8, 4) is 0 Å². The van der Waals surface area contributed by atoms with Crippen LogP contribution in [-0.4, -0.2) is 52.9 Å². The first-order valence-electron chi connectivity index (χ1n) is 7.50. The van der Waals surface area contributed by atoms with E-state index in [1.54, 1.807) is 15.9 Å². The first-order chi connectivity index (χ1) is 10.5. The van der Waals surface area contributed by atoms with Gasteiger partial charge in [-0.15, -0.1) is 0 Å². The lowest BCUT2D eigenvalue weighted by Crippen LogP contribution is -2.50. The number of amides is 2. The molecule has 1 aromatic carbocycles. The Morgan fingerprint density at radius 2 is 1.77 bits per heavy atom. The van der Waals surface area contributed by atoms with Crippen molar-refractivity contribution in [3.63, 3.8) is 0 Å². The van der Waals surface area contributed by atoms with E-state index in [1.807, 2.05) is 6.92 Å². The maximum absolute atomic E-state index is 13.1. The van der Waals surface area contributed by atoms with Gasteiger partial charge >= 0.3 is 0 Å². The summed E-state index contributed by atoms with van der Waals surface area (Å²) in [6.45, 7) is 3.80. The minimum Gasteiger partial charge on any atom is -0.388 e. The van der Waals surface area contributed by atoms with Gasteiger partial charge in [0.15, 0.2) is 0 Å². The monoisotopic (exact) mass is 308 g/mol. The molecule has 6 heteroatoms. The smallest absolute Gasteiger partial charge is 0.225 e. The van der Waals surface area contributed by atoms with Crippen LogP contribution in [0.15, 0.2) is 24.3 Å². The van der Waals surface area contributed by atoms with E-state index in [4.69, 9.17) is 0 Å². The largest absolute Gasteiger partial charge is 0.388 e. The molecule has 0 spiro atoms. The molecule has 1 aliphatic heterocycles. The molecule has 2 rings (SSSR count). The summed E-state index contributed by atoms with van der Waals surface area (Å²) in [4.78, 5) is 27.2. The van der Waals surface area contributed by atoms with Gasteiger partial charge in [0.25, 0.3) is 0 Å². The van der Waals surface area contributed by atoms with Gasteiger partial charge < -0.3 is 14.9 Å². The number of aliphatic hydroxyl groups is 1. The van der Waals surface area contributed by atoms with Gasteiger partial charge in [-0.05, 0) is 17.7 Å². The van der Waals surface area contributed by atoms with Gasteiger partial charge in [-0.3, -0.25) is 9.59 Å². The van der Waals surface area contributed by atoms with Crippen molar-refractivity contribution in [2.45, 2.75) is 25.9 Å². The van der Waals surface area contributed by atoms with E-state index in [1.165, 1.54) is 18.2 Å². The van der Waals surface area contributed by atoms with Crippen LogP contribution in [0, 0.1) is 5.82 Å². The maximum Gasteiger partial charge on any atom is 0.225 e. The molecule has 0 aliphatic carbocycles. The van der Waals surface area contributed by atoms with Gasteiger partial charge in [0.1, 0.15) is 5.82 Å². The standard InChI is InChI=1S/C16H21FN2O3/c1-2-15(21)18-6-8-19(9-7-18)16(22)11-14(20)12-4-3-5-13(17)10-12/h3-5,10,14,20H,2,6-9,11H2,1H3. The van der Waals surface area contributed by atoms with E-state index in [0.717, 1.165) is 0 Å². The number of piperazine rings is 1. The highest BCUT2D eigenvalue weighted by molar-refractivity contribution is 5.78. The Bertz CT molecular complexity index is 542. The minimum atomic E-state index is -1.02. The average molecular weight is 308 g/mol. The molecule has 1 unspecified atom stereocenters. The Hall–Kier alpha value is -1.95. The number of hydrogen-bond acceptors (Lipinski definition) is 3. The molecule has 0 saturated carbocycles. The molecule has 1 N–H and O–H groups in total. The molecule has 1 heterocycles. The van der Waals surface area contributed by atoms with Crippen molar-refractivity contribution in [1.29, 1.82) is 0 Å². The predicted octanol–water partition coefficient (Wildman–Crippen LogP) is 1.33.